The topological polar surface area (TPSA) is 50.2 Å². The lowest BCUT2D eigenvalue weighted by molar-refractivity contribution is 0.0696. The van der Waals surface area contributed by atoms with E-state index in [1.807, 2.05) is 0 Å². The third-order valence-corrected chi connectivity index (χ3v) is 3.05. The van der Waals surface area contributed by atoms with Crippen molar-refractivity contribution < 1.29 is 9.90 Å². The molecule has 1 aromatic heterocycles. The van der Waals surface area contributed by atoms with Crippen molar-refractivity contribution in [3.05, 3.63) is 51.6 Å². The first kappa shape index (κ1) is 12.9. The highest BCUT2D eigenvalue weighted by atomic mass is 35.5. The van der Waals surface area contributed by atoms with Crippen LogP contribution >= 0.6 is 23.2 Å². The lowest BCUT2D eigenvalue weighted by Crippen LogP contribution is -2.00. The molecule has 0 unspecified atom stereocenters. The Bertz CT molecular complexity index is 606. The van der Waals surface area contributed by atoms with Gasteiger partial charge in [-0.2, -0.15) is 0 Å². The zero-order valence-electron chi connectivity index (χ0n) is 9.45. The highest BCUT2D eigenvalue weighted by Crippen LogP contribution is 2.33. The van der Waals surface area contributed by atoms with Gasteiger partial charge in [0.05, 0.1) is 21.3 Å². The molecule has 1 heterocycles. The Morgan fingerprint density at radius 2 is 1.83 bits per heavy atom. The molecule has 1 N–H and O–H groups in total. The minimum Gasteiger partial charge on any atom is -0.478 e. The summed E-state index contributed by atoms with van der Waals surface area (Å²) in [6, 6.07) is 8.06. The third kappa shape index (κ3) is 2.47. The summed E-state index contributed by atoms with van der Waals surface area (Å²) < 4.78 is 0. The predicted molar refractivity (Wildman–Crippen MR) is 71.4 cm³/mol. The van der Waals surface area contributed by atoms with Crippen LogP contribution in [0.1, 0.15) is 16.1 Å². The van der Waals surface area contributed by atoms with Gasteiger partial charge in [0.1, 0.15) is 0 Å². The van der Waals surface area contributed by atoms with Crippen LogP contribution in [0.2, 0.25) is 10.0 Å². The molecule has 0 aliphatic rings. The molecule has 0 spiro atoms. The van der Waals surface area contributed by atoms with Gasteiger partial charge in [0.2, 0.25) is 0 Å². The smallest absolute Gasteiger partial charge is 0.335 e. The molecule has 2 rings (SSSR count). The van der Waals surface area contributed by atoms with Crippen molar-refractivity contribution in [3.8, 4) is 11.3 Å². The molecular formula is C13H9Cl2NO2. The summed E-state index contributed by atoms with van der Waals surface area (Å²) in [6.07, 6.45) is 0. The van der Waals surface area contributed by atoms with Crippen molar-refractivity contribution >= 4 is 29.2 Å². The molecule has 2 aromatic rings. The van der Waals surface area contributed by atoms with Gasteiger partial charge >= 0.3 is 5.97 Å². The van der Waals surface area contributed by atoms with E-state index in [1.165, 1.54) is 12.1 Å². The fraction of sp³-hybridized carbons (Fsp3) is 0.0769. The molecule has 0 aliphatic heterocycles. The summed E-state index contributed by atoms with van der Waals surface area (Å²) >= 11 is 12.2. The van der Waals surface area contributed by atoms with Gasteiger partial charge in [0.15, 0.2) is 0 Å². The molecule has 92 valence electrons. The maximum Gasteiger partial charge on any atom is 0.335 e. The van der Waals surface area contributed by atoms with Crippen LogP contribution in [0.25, 0.3) is 11.3 Å². The van der Waals surface area contributed by atoms with Crippen LogP contribution in [0.4, 0.5) is 0 Å². The van der Waals surface area contributed by atoms with E-state index >= 15 is 0 Å². The van der Waals surface area contributed by atoms with E-state index in [4.69, 9.17) is 28.3 Å². The summed E-state index contributed by atoms with van der Waals surface area (Å²) in [4.78, 5) is 15.3. The van der Waals surface area contributed by atoms with Gasteiger partial charge in [-0.25, -0.2) is 4.79 Å². The number of halogens is 2. The SMILES string of the molecule is Cc1cc(C(=O)O)cc(-c2c(Cl)cccc2Cl)n1. The predicted octanol–water partition coefficient (Wildman–Crippen LogP) is 4.06. The minimum absolute atomic E-state index is 0.161. The molecular weight excluding hydrogens is 273 g/mol. The fourth-order valence-electron chi connectivity index (χ4n) is 1.66. The van der Waals surface area contributed by atoms with Gasteiger partial charge in [-0.3, -0.25) is 4.98 Å². The average Bonchev–Trinajstić information content (AvgIpc) is 2.28. The zero-order chi connectivity index (χ0) is 13.3. The van der Waals surface area contributed by atoms with Crippen LogP contribution in [-0.2, 0) is 0 Å². The zero-order valence-corrected chi connectivity index (χ0v) is 11.0. The van der Waals surface area contributed by atoms with Gasteiger partial charge in [-0.05, 0) is 31.2 Å². The standard InChI is InChI=1S/C13H9Cl2NO2/c1-7-5-8(13(17)18)6-11(16-7)12-9(14)3-2-4-10(12)15/h2-6H,1H3,(H,17,18). The van der Waals surface area contributed by atoms with Crippen LogP contribution < -0.4 is 0 Å². The van der Waals surface area contributed by atoms with Gasteiger partial charge in [0.25, 0.3) is 0 Å². The number of hydrogen-bond acceptors (Lipinski definition) is 2. The number of carboxylic acid groups (broad SMARTS) is 1. The van der Waals surface area contributed by atoms with E-state index in [9.17, 15) is 4.79 Å². The first-order valence-corrected chi connectivity index (χ1v) is 5.91. The van der Waals surface area contributed by atoms with Crippen molar-refractivity contribution in [2.75, 3.05) is 0 Å². The quantitative estimate of drug-likeness (QED) is 0.903. The lowest BCUT2D eigenvalue weighted by atomic mass is 10.1. The van der Waals surface area contributed by atoms with Crippen molar-refractivity contribution in [1.29, 1.82) is 0 Å². The van der Waals surface area contributed by atoms with Crippen molar-refractivity contribution in [2.24, 2.45) is 0 Å². The maximum atomic E-state index is 11.0. The summed E-state index contributed by atoms with van der Waals surface area (Å²) in [5.74, 6) is -1.01. The average molecular weight is 282 g/mol. The molecule has 5 heteroatoms. The molecule has 0 aliphatic carbocycles. The molecule has 18 heavy (non-hydrogen) atoms. The lowest BCUT2D eigenvalue weighted by Gasteiger charge is -2.08. The van der Waals surface area contributed by atoms with E-state index in [0.717, 1.165) is 0 Å². The van der Waals surface area contributed by atoms with Gasteiger partial charge in [-0.15, -0.1) is 0 Å². The van der Waals surface area contributed by atoms with Crippen LogP contribution in [-0.4, -0.2) is 16.1 Å². The number of carbonyl (C=O) groups is 1. The van der Waals surface area contributed by atoms with Crippen LogP contribution in [0.15, 0.2) is 30.3 Å². The Balaban J connectivity index is 2.68. The molecule has 1 aromatic carbocycles. The van der Waals surface area contributed by atoms with Gasteiger partial charge in [0, 0.05) is 11.3 Å². The number of aromatic carboxylic acids is 1. The molecule has 3 nitrogen and oxygen atoms in total. The number of aromatic nitrogens is 1. The number of nitrogens with zero attached hydrogens (tertiary/aromatic N) is 1. The van der Waals surface area contributed by atoms with E-state index in [1.54, 1.807) is 25.1 Å². The molecule has 0 bridgehead atoms. The van der Waals surface area contributed by atoms with Gasteiger partial charge < -0.3 is 5.11 Å². The minimum atomic E-state index is -1.01. The summed E-state index contributed by atoms with van der Waals surface area (Å²) in [5, 5.41) is 9.91. The van der Waals surface area contributed by atoms with E-state index in [2.05, 4.69) is 4.98 Å². The Kier molecular flexibility index (Phi) is 3.55. The van der Waals surface area contributed by atoms with Crippen molar-refractivity contribution in [1.82, 2.24) is 4.98 Å². The summed E-state index contributed by atoms with van der Waals surface area (Å²) in [5.41, 5.74) is 1.77. The van der Waals surface area contributed by atoms with Crippen LogP contribution in [0.5, 0.6) is 0 Å². The molecule has 0 saturated carbocycles. The highest BCUT2D eigenvalue weighted by molar-refractivity contribution is 6.39. The number of benzene rings is 1. The first-order valence-electron chi connectivity index (χ1n) is 5.15. The summed E-state index contributed by atoms with van der Waals surface area (Å²) in [6.45, 7) is 1.72. The largest absolute Gasteiger partial charge is 0.478 e. The number of carboxylic acids is 1. The second-order valence-corrected chi connectivity index (χ2v) is 4.60. The molecule has 0 fully saturated rings. The second-order valence-electron chi connectivity index (χ2n) is 3.78. The van der Waals surface area contributed by atoms with Crippen LogP contribution in [0.3, 0.4) is 0 Å². The van der Waals surface area contributed by atoms with Crippen LogP contribution in [0, 0.1) is 6.92 Å². The Hall–Kier alpha value is -1.58. The Morgan fingerprint density at radius 3 is 2.39 bits per heavy atom. The van der Waals surface area contributed by atoms with E-state index in [-0.39, 0.29) is 5.56 Å². The normalized spacial score (nSPS) is 10.4. The molecule has 0 radical (unpaired) electrons. The number of hydrogen-bond donors (Lipinski definition) is 1. The molecule has 0 saturated heterocycles. The van der Waals surface area contributed by atoms with E-state index in [0.29, 0.717) is 27.0 Å². The molecule has 0 atom stereocenters. The monoisotopic (exact) mass is 281 g/mol. The number of pyridine rings is 1. The number of rotatable bonds is 2. The Morgan fingerprint density at radius 1 is 1.22 bits per heavy atom. The highest BCUT2D eigenvalue weighted by Gasteiger charge is 2.13. The van der Waals surface area contributed by atoms with E-state index < -0.39 is 5.97 Å². The Labute approximate surface area is 114 Å². The van der Waals surface area contributed by atoms with Gasteiger partial charge in [-0.1, -0.05) is 29.3 Å². The number of aryl methyl sites for hydroxylation is 1. The first-order chi connectivity index (χ1) is 8.49. The second kappa shape index (κ2) is 4.96. The van der Waals surface area contributed by atoms with Crippen molar-refractivity contribution in [2.45, 2.75) is 6.92 Å². The third-order valence-electron chi connectivity index (χ3n) is 2.42. The summed E-state index contributed by atoms with van der Waals surface area (Å²) in [7, 11) is 0. The maximum absolute atomic E-state index is 11.0. The molecule has 0 amide bonds. The fourth-order valence-corrected chi connectivity index (χ4v) is 2.25. The van der Waals surface area contributed by atoms with Crippen molar-refractivity contribution in [3.63, 3.8) is 0 Å².